The van der Waals surface area contributed by atoms with Crippen LogP contribution in [0.25, 0.3) is 0 Å². The van der Waals surface area contributed by atoms with E-state index in [0.717, 1.165) is 5.56 Å². The van der Waals surface area contributed by atoms with E-state index in [0.29, 0.717) is 0 Å². The molecule has 0 aromatic heterocycles. The van der Waals surface area contributed by atoms with Crippen molar-refractivity contribution in [3.8, 4) is 0 Å². The van der Waals surface area contributed by atoms with Gasteiger partial charge in [-0.25, -0.2) is 4.79 Å². The van der Waals surface area contributed by atoms with Gasteiger partial charge in [0.05, 0.1) is 6.42 Å². The van der Waals surface area contributed by atoms with Crippen LogP contribution in [0.15, 0.2) is 30.3 Å². The van der Waals surface area contributed by atoms with Gasteiger partial charge in [0.2, 0.25) is 5.91 Å². The van der Waals surface area contributed by atoms with Crippen molar-refractivity contribution in [2.24, 2.45) is 0 Å². The van der Waals surface area contributed by atoms with Gasteiger partial charge >= 0.3 is 11.9 Å². The van der Waals surface area contributed by atoms with Crippen LogP contribution in [0.5, 0.6) is 0 Å². The van der Waals surface area contributed by atoms with Crippen LogP contribution in [0.1, 0.15) is 5.56 Å². The molecule has 0 atom stereocenters. The minimum Gasteiger partial charge on any atom is -0.474 e. The fourth-order valence-electron chi connectivity index (χ4n) is 1.01. The van der Waals surface area contributed by atoms with Crippen molar-refractivity contribution >= 4 is 17.8 Å². The molecule has 0 unspecified atom stereocenters. The summed E-state index contributed by atoms with van der Waals surface area (Å²) in [5.74, 6) is -3.41. The lowest BCUT2D eigenvalue weighted by atomic mass is 10.1. The summed E-state index contributed by atoms with van der Waals surface area (Å²) in [4.78, 5) is 31.9. The van der Waals surface area contributed by atoms with E-state index in [9.17, 15) is 14.4 Å². The Morgan fingerprint density at radius 1 is 1.06 bits per heavy atom. The Balaban J connectivity index is 2.37. The second-order valence-corrected chi connectivity index (χ2v) is 2.97. The van der Waals surface area contributed by atoms with Gasteiger partial charge in [0.1, 0.15) is 0 Å². The summed E-state index contributed by atoms with van der Waals surface area (Å²) < 4.78 is 0. The number of rotatable bonds is 2. The van der Waals surface area contributed by atoms with E-state index in [1.54, 1.807) is 29.7 Å². The highest BCUT2D eigenvalue weighted by Gasteiger charge is 2.11. The van der Waals surface area contributed by atoms with E-state index in [4.69, 9.17) is 5.11 Å². The molecular formula is C10H10N2O4. The van der Waals surface area contributed by atoms with Crippen molar-refractivity contribution in [1.82, 2.24) is 10.9 Å². The van der Waals surface area contributed by atoms with Crippen LogP contribution in [0.3, 0.4) is 0 Å². The summed E-state index contributed by atoms with van der Waals surface area (Å²) in [5, 5.41) is 8.22. The van der Waals surface area contributed by atoms with E-state index in [-0.39, 0.29) is 6.42 Å². The van der Waals surface area contributed by atoms with Crippen LogP contribution in [-0.4, -0.2) is 22.9 Å². The lowest BCUT2D eigenvalue weighted by molar-refractivity contribution is -0.151. The highest BCUT2D eigenvalue weighted by molar-refractivity contribution is 6.31. The SMILES string of the molecule is O=C(Cc1ccccc1)NNC(=O)C(=O)O. The number of hydrogen-bond acceptors (Lipinski definition) is 3. The van der Waals surface area contributed by atoms with Crippen molar-refractivity contribution in [1.29, 1.82) is 0 Å². The molecule has 6 heteroatoms. The van der Waals surface area contributed by atoms with Crippen LogP contribution >= 0.6 is 0 Å². The molecule has 0 aliphatic carbocycles. The zero-order chi connectivity index (χ0) is 12.0. The molecule has 0 saturated heterocycles. The van der Waals surface area contributed by atoms with Crippen LogP contribution in [0.4, 0.5) is 0 Å². The Bertz CT molecular complexity index is 403. The molecule has 3 N–H and O–H groups in total. The van der Waals surface area contributed by atoms with Crippen LogP contribution in [0.2, 0.25) is 0 Å². The third-order valence-electron chi connectivity index (χ3n) is 1.72. The predicted octanol–water partition coefficient (Wildman–Crippen LogP) is -0.539. The third kappa shape index (κ3) is 3.79. The molecule has 6 nitrogen and oxygen atoms in total. The first-order valence-electron chi connectivity index (χ1n) is 4.45. The molecule has 1 aromatic rings. The minimum absolute atomic E-state index is 0.0702. The van der Waals surface area contributed by atoms with E-state index in [1.807, 2.05) is 11.5 Å². The van der Waals surface area contributed by atoms with Crippen molar-refractivity contribution in [2.45, 2.75) is 6.42 Å². The van der Waals surface area contributed by atoms with Crippen LogP contribution < -0.4 is 10.9 Å². The number of carboxylic acids is 1. The number of carbonyl (C=O) groups excluding carboxylic acids is 2. The zero-order valence-electron chi connectivity index (χ0n) is 8.27. The Morgan fingerprint density at radius 2 is 1.69 bits per heavy atom. The maximum Gasteiger partial charge on any atom is 0.396 e. The number of hydrazine groups is 1. The molecule has 0 bridgehead atoms. The first kappa shape index (κ1) is 11.7. The van der Waals surface area contributed by atoms with E-state index < -0.39 is 17.8 Å². The molecular weight excluding hydrogens is 212 g/mol. The maximum absolute atomic E-state index is 11.2. The van der Waals surface area contributed by atoms with Gasteiger partial charge in [0.15, 0.2) is 0 Å². The van der Waals surface area contributed by atoms with E-state index >= 15 is 0 Å². The lowest BCUT2D eigenvalue weighted by Gasteiger charge is -2.04. The van der Waals surface area contributed by atoms with Gasteiger partial charge < -0.3 is 5.11 Å². The molecule has 0 saturated carbocycles. The topological polar surface area (TPSA) is 95.5 Å². The molecule has 16 heavy (non-hydrogen) atoms. The fourth-order valence-corrected chi connectivity index (χ4v) is 1.01. The summed E-state index contributed by atoms with van der Waals surface area (Å²) in [6, 6.07) is 8.86. The van der Waals surface area contributed by atoms with Gasteiger partial charge in [-0.15, -0.1) is 0 Å². The van der Waals surface area contributed by atoms with Crippen molar-refractivity contribution in [3.63, 3.8) is 0 Å². The second-order valence-electron chi connectivity index (χ2n) is 2.97. The number of carbonyl (C=O) groups is 3. The van der Waals surface area contributed by atoms with Crippen molar-refractivity contribution < 1.29 is 19.5 Å². The van der Waals surface area contributed by atoms with Crippen molar-refractivity contribution in [3.05, 3.63) is 35.9 Å². The highest BCUT2D eigenvalue weighted by Crippen LogP contribution is 1.98. The molecule has 0 fully saturated rings. The zero-order valence-corrected chi connectivity index (χ0v) is 8.27. The number of nitrogens with one attached hydrogen (secondary N) is 2. The standard InChI is InChI=1S/C10H10N2O4/c13-8(11-12-9(14)10(15)16)6-7-4-2-1-3-5-7/h1-5H,6H2,(H,11,13)(H,12,14)(H,15,16). The van der Waals surface area contributed by atoms with Gasteiger partial charge in [-0.05, 0) is 5.56 Å². The number of hydrogen-bond donors (Lipinski definition) is 3. The van der Waals surface area contributed by atoms with Crippen LogP contribution in [0, 0.1) is 0 Å². The summed E-state index contributed by atoms with van der Waals surface area (Å²) in [6.07, 6.45) is 0.0702. The smallest absolute Gasteiger partial charge is 0.396 e. The Morgan fingerprint density at radius 3 is 2.25 bits per heavy atom. The first-order chi connectivity index (χ1) is 7.59. The fraction of sp³-hybridized carbons (Fsp3) is 0.100. The Labute approximate surface area is 91.2 Å². The molecule has 0 radical (unpaired) electrons. The average Bonchev–Trinajstić information content (AvgIpc) is 2.27. The highest BCUT2D eigenvalue weighted by atomic mass is 16.4. The van der Waals surface area contributed by atoms with Crippen LogP contribution in [-0.2, 0) is 20.8 Å². The molecule has 2 amide bonds. The number of aliphatic carboxylic acids is 1. The maximum atomic E-state index is 11.2. The lowest BCUT2D eigenvalue weighted by Crippen LogP contribution is -2.45. The predicted molar refractivity (Wildman–Crippen MR) is 54.1 cm³/mol. The molecule has 1 rings (SSSR count). The molecule has 84 valence electrons. The number of benzene rings is 1. The monoisotopic (exact) mass is 222 g/mol. The molecule has 0 aliphatic rings. The summed E-state index contributed by atoms with van der Waals surface area (Å²) in [6.45, 7) is 0. The van der Waals surface area contributed by atoms with E-state index in [2.05, 4.69) is 0 Å². The minimum atomic E-state index is -1.65. The molecule has 0 aliphatic heterocycles. The van der Waals surface area contributed by atoms with Gasteiger partial charge in [-0.3, -0.25) is 20.4 Å². The Kier molecular flexibility index (Phi) is 4.02. The first-order valence-corrected chi connectivity index (χ1v) is 4.45. The molecule has 1 aromatic carbocycles. The van der Waals surface area contributed by atoms with Gasteiger partial charge in [-0.2, -0.15) is 0 Å². The van der Waals surface area contributed by atoms with Gasteiger partial charge in [0.25, 0.3) is 0 Å². The Hall–Kier alpha value is -2.37. The number of amides is 2. The average molecular weight is 222 g/mol. The van der Waals surface area contributed by atoms with Gasteiger partial charge in [0, 0.05) is 0 Å². The van der Waals surface area contributed by atoms with E-state index in [1.165, 1.54) is 0 Å². The number of carboxylic acid groups (broad SMARTS) is 1. The normalized spacial score (nSPS) is 9.25. The van der Waals surface area contributed by atoms with Crippen molar-refractivity contribution in [2.75, 3.05) is 0 Å². The quantitative estimate of drug-likeness (QED) is 0.462. The van der Waals surface area contributed by atoms with Gasteiger partial charge in [-0.1, -0.05) is 30.3 Å². The third-order valence-corrected chi connectivity index (χ3v) is 1.72. The second kappa shape index (κ2) is 5.50. The molecule has 0 heterocycles. The largest absolute Gasteiger partial charge is 0.474 e. The molecule has 0 spiro atoms. The summed E-state index contributed by atoms with van der Waals surface area (Å²) in [5.41, 5.74) is 4.53. The summed E-state index contributed by atoms with van der Waals surface area (Å²) in [7, 11) is 0. The summed E-state index contributed by atoms with van der Waals surface area (Å²) >= 11 is 0.